The second kappa shape index (κ2) is 13.4. The normalized spacial score (nSPS) is 12.1. The fourth-order valence-electron chi connectivity index (χ4n) is 4.27. The average Bonchev–Trinajstić information content (AvgIpc) is 2.89. The second-order valence-corrected chi connectivity index (χ2v) is 11.0. The van der Waals surface area contributed by atoms with Crippen molar-refractivity contribution in [1.82, 2.24) is 10.2 Å². The summed E-state index contributed by atoms with van der Waals surface area (Å²) in [6.45, 7) is 9.52. The predicted octanol–water partition coefficient (Wildman–Crippen LogP) is 6.74. The summed E-state index contributed by atoms with van der Waals surface area (Å²) in [5, 5.41) is 3.66. The van der Waals surface area contributed by atoms with E-state index >= 15 is 0 Å². The van der Waals surface area contributed by atoms with E-state index in [2.05, 4.69) is 50.4 Å². The molecule has 0 spiro atoms. The molecule has 3 aromatic rings. The van der Waals surface area contributed by atoms with Crippen LogP contribution in [0.15, 0.2) is 78.9 Å². The quantitative estimate of drug-likeness (QED) is 0.305. The SMILES string of the molecule is CCCNC(=O)[C@@H](Cc1ccccc1)N(Cc1ccc(Cl)cc1)C(=O)CCc1ccc(C(C)(C)C)cc1. The molecule has 0 unspecified atom stereocenters. The smallest absolute Gasteiger partial charge is 0.243 e. The van der Waals surface area contributed by atoms with Crippen molar-refractivity contribution in [3.63, 3.8) is 0 Å². The zero-order valence-electron chi connectivity index (χ0n) is 22.5. The number of hydrogen-bond acceptors (Lipinski definition) is 2. The largest absolute Gasteiger partial charge is 0.354 e. The number of halogens is 1. The Bertz CT molecular complexity index is 1140. The Morgan fingerprint density at radius 1 is 0.865 bits per heavy atom. The number of amides is 2. The fourth-order valence-corrected chi connectivity index (χ4v) is 4.40. The Balaban J connectivity index is 1.85. The average molecular weight is 519 g/mol. The molecular formula is C32H39ClN2O2. The molecule has 0 radical (unpaired) electrons. The van der Waals surface area contributed by atoms with E-state index < -0.39 is 6.04 Å². The summed E-state index contributed by atoms with van der Waals surface area (Å²) < 4.78 is 0. The molecule has 0 saturated heterocycles. The Morgan fingerprint density at radius 3 is 2.08 bits per heavy atom. The minimum absolute atomic E-state index is 0.0394. The minimum Gasteiger partial charge on any atom is -0.354 e. The van der Waals surface area contributed by atoms with Crippen LogP contribution in [-0.4, -0.2) is 29.3 Å². The summed E-state index contributed by atoms with van der Waals surface area (Å²) >= 11 is 6.10. The summed E-state index contributed by atoms with van der Waals surface area (Å²) in [7, 11) is 0. The van der Waals surface area contributed by atoms with Crippen LogP contribution in [0.3, 0.4) is 0 Å². The Hall–Kier alpha value is -3.11. The zero-order valence-corrected chi connectivity index (χ0v) is 23.2. The van der Waals surface area contributed by atoms with Crippen molar-refractivity contribution in [2.24, 2.45) is 0 Å². The first-order valence-electron chi connectivity index (χ1n) is 13.1. The lowest BCUT2D eigenvalue weighted by atomic mass is 9.86. The molecule has 2 amide bonds. The first kappa shape index (κ1) is 28.5. The van der Waals surface area contributed by atoms with Crippen LogP contribution in [-0.2, 0) is 34.4 Å². The van der Waals surface area contributed by atoms with Gasteiger partial charge >= 0.3 is 0 Å². The van der Waals surface area contributed by atoms with Crippen molar-refractivity contribution >= 4 is 23.4 Å². The van der Waals surface area contributed by atoms with Crippen molar-refractivity contribution in [2.45, 2.75) is 71.4 Å². The summed E-state index contributed by atoms with van der Waals surface area (Å²) in [5.41, 5.74) is 4.42. The number of carbonyl (C=O) groups excluding carboxylic acids is 2. The van der Waals surface area contributed by atoms with Gasteiger partial charge in [0.1, 0.15) is 6.04 Å². The molecule has 196 valence electrons. The van der Waals surface area contributed by atoms with Crippen LogP contribution in [0.25, 0.3) is 0 Å². The van der Waals surface area contributed by atoms with E-state index in [0.717, 1.165) is 23.1 Å². The van der Waals surface area contributed by atoms with Gasteiger partial charge in [-0.25, -0.2) is 0 Å². The van der Waals surface area contributed by atoms with Crippen LogP contribution in [0.5, 0.6) is 0 Å². The van der Waals surface area contributed by atoms with Crippen LogP contribution < -0.4 is 5.32 Å². The van der Waals surface area contributed by atoms with E-state index in [1.165, 1.54) is 5.56 Å². The standard InChI is InChI=1S/C32H39ClN2O2/c1-5-21-34-31(37)29(22-25-9-7-6-8-10-25)35(23-26-13-18-28(33)19-14-26)30(36)20-15-24-11-16-27(17-12-24)32(2,3)4/h6-14,16-19,29H,5,15,20-23H2,1-4H3,(H,34,37)/t29-/m1/s1. The molecule has 0 aliphatic rings. The van der Waals surface area contributed by atoms with Crippen LogP contribution >= 0.6 is 11.6 Å². The van der Waals surface area contributed by atoms with Crippen molar-refractivity contribution in [3.8, 4) is 0 Å². The summed E-state index contributed by atoms with van der Waals surface area (Å²) in [4.78, 5) is 28.9. The van der Waals surface area contributed by atoms with E-state index in [-0.39, 0.29) is 17.2 Å². The predicted molar refractivity (Wildman–Crippen MR) is 153 cm³/mol. The highest BCUT2D eigenvalue weighted by Crippen LogP contribution is 2.23. The summed E-state index contributed by atoms with van der Waals surface area (Å²) in [6.07, 6.45) is 2.24. The Labute approximate surface area is 227 Å². The Kier molecular flexibility index (Phi) is 10.3. The van der Waals surface area contributed by atoms with E-state index in [1.54, 1.807) is 4.90 Å². The molecule has 0 aliphatic heterocycles. The van der Waals surface area contributed by atoms with Gasteiger partial charge < -0.3 is 10.2 Å². The van der Waals surface area contributed by atoms with E-state index in [9.17, 15) is 9.59 Å². The van der Waals surface area contributed by atoms with E-state index in [4.69, 9.17) is 11.6 Å². The van der Waals surface area contributed by atoms with E-state index in [0.29, 0.717) is 37.4 Å². The van der Waals surface area contributed by atoms with Crippen LogP contribution in [0, 0.1) is 0 Å². The fraction of sp³-hybridized carbons (Fsp3) is 0.375. The lowest BCUT2D eigenvalue weighted by Gasteiger charge is -2.31. The Morgan fingerprint density at radius 2 is 1.49 bits per heavy atom. The van der Waals surface area contributed by atoms with Crippen molar-refractivity contribution < 1.29 is 9.59 Å². The highest BCUT2D eigenvalue weighted by atomic mass is 35.5. The molecule has 4 nitrogen and oxygen atoms in total. The topological polar surface area (TPSA) is 49.4 Å². The molecule has 0 fully saturated rings. The van der Waals surface area contributed by atoms with Gasteiger partial charge in [0.05, 0.1) is 0 Å². The van der Waals surface area contributed by atoms with E-state index in [1.807, 2.05) is 61.5 Å². The van der Waals surface area contributed by atoms with Gasteiger partial charge in [0.25, 0.3) is 0 Å². The van der Waals surface area contributed by atoms with Gasteiger partial charge in [-0.15, -0.1) is 0 Å². The van der Waals surface area contributed by atoms with Crippen LogP contribution in [0.2, 0.25) is 5.02 Å². The maximum Gasteiger partial charge on any atom is 0.243 e. The third-order valence-electron chi connectivity index (χ3n) is 6.53. The molecule has 5 heteroatoms. The van der Waals surface area contributed by atoms with Gasteiger partial charge in [0.2, 0.25) is 11.8 Å². The van der Waals surface area contributed by atoms with Gasteiger partial charge in [0.15, 0.2) is 0 Å². The molecule has 0 bridgehead atoms. The number of aryl methyl sites for hydroxylation is 1. The third-order valence-corrected chi connectivity index (χ3v) is 6.79. The number of benzene rings is 3. The number of nitrogens with zero attached hydrogens (tertiary/aromatic N) is 1. The number of nitrogens with one attached hydrogen (secondary N) is 1. The molecule has 1 N–H and O–H groups in total. The number of rotatable bonds is 11. The van der Waals surface area contributed by atoms with Gasteiger partial charge in [-0.3, -0.25) is 9.59 Å². The zero-order chi connectivity index (χ0) is 26.8. The molecule has 3 rings (SSSR count). The highest BCUT2D eigenvalue weighted by molar-refractivity contribution is 6.30. The van der Waals surface area contributed by atoms with Gasteiger partial charge in [-0.2, -0.15) is 0 Å². The van der Waals surface area contributed by atoms with Gasteiger partial charge in [-0.05, 0) is 52.6 Å². The van der Waals surface area contributed by atoms with Crippen LogP contribution in [0.4, 0.5) is 0 Å². The summed E-state index contributed by atoms with van der Waals surface area (Å²) in [5.74, 6) is -0.162. The maximum absolute atomic E-state index is 13.7. The monoisotopic (exact) mass is 518 g/mol. The summed E-state index contributed by atoms with van der Waals surface area (Å²) in [6, 6.07) is 25.2. The van der Waals surface area contributed by atoms with Gasteiger partial charge in [-0.1, -0.05) is 106 Å². The maximum atomic E-state index is 13.7. The molecule has 0 aliphatic carbocycles. The molecule has 0 heterocycles. The van der Waals surface area contributed by atoms with Crippen molar-refractivity contribution in [1.29, 1.82) is 0 Å². The molecule has 0 saturated carbocycles. The molecule has 0 aromatic heterocycles. The van der Waals surface area contributed by atoms with Crippen molar-refractivity contribution in [3.05, 3.63) is 106 Å². The minimum atomic E-state index is -0.611. The molecule has 1 atom stereocenters. The first-order chi connectivity index (χ1) is 17.7. The highest BCUT2D eigenvalue weighted by Gasteiger charge is 2.30. The second-order valence-electron chi connectivity index (χ2n) is 10.6. The molecular weight excluding hydrogens is 480 g/mol. The lowest BCUT2D eigenvalue weighted by molar-refractivity contribution is -0.141. The molecule has 37 heavy (non-hydrogen) atoms. The van der Waals surface area contributed by atoms with Crippen molar-refractivity contribution in [2.75, 3.05) is 6.54 Å². The van der Waals surface area contributed by atoms with Crippen LogP contribution in [0.1, 0.15) is 62.8 Å². The third kappa shape index (κ3) is 8.75. The first-order valence-corrected chi connectivity index (χ1v) is 13.5. The number of carbonyl (C=O) groups is 2. The van der Waals surface area contributed by atoms with Gasteiger partial charge in [0, 0.05) is 31.0 Å². The number of hydrogen-bond donors (Lipinski definition) is 1. The molecule has 3 aromatic carbocycles. The lowest BCUT2D eigenvalue weighted by Crippen LogP contribution is -2.50.